The third-order valence-corrected chi connectivity index (χ3v) is 6.71. The molecule has 0 unspecified atom stereocenters. The number of rotatable bonds is 8. The summed E-state index contributed by atoms with van der Waals surface area (Å²) in [5, 5.41) is 0. The first-order valence-corrected chi connectivity index (χ1v) is 11.4. The lowest BCUT2D eigenvalue weighted by molar-refractivity contribution is -0.000948. The van der Waals surface area contributed by atoms with E-state index in [-0.39, 0.29) is 11.5 Å². The van der Waals surface area contributed by atoms with Gasteiger partial charge in [-0.3, -0.25) is 4.79 Å². The molecule has 0 N–H and O–H groups in total. The van der Waals surface area contributed by atoms with E-state index < -0.39 is 0 Å². The highest BCUT2D eigenvalue weighted by Crippen LogP contribution is 2.36. The van der Waals surface area contributed by atoms with Crippen LogP contribution in [0.4, 0.5) is 5.69 Å². The number of anilines is 1. The van der Waals surface area contributed by atoms with Crippen LogP contribution in [0.15, 0.2) is 29.1 Å². The normalized spacial score (nSPS) is 17.1. The van der Waals surface area contributed by atoms with Gasteiger partial charge >= 0.3 is 0 Å². The number of hydrogen-bond donors (Lipinski definition) is 0. The predicted octanol–water partition coefficient (Wildman–Crippen LogP) is 3.04. The molecule has 2 aliphatic heterocycles. The van der Waals surface area contributed by atoms with Gasteiger partial charge in [0.2, 0.25) is 0 Å². The molecule has 0 amide bonds. The number of piperidine rings is 1. The molecule has 7 nitrogen and oxygen atoms in total. The maximum atomic E-state index is 12.8. The molecule has 1 aromatic heterocycles. The summed E-state index contributed by atoms with van der Waals surface area (Å²) in [6.07, 6.45) is 3.18. The molecule has 1 saturated heterocycles. The van der Waals surface area contributed by atoms with E-state index in [0.717, 1.165) is 55.7 Å². The maximum Gasteiger partial charge on any atom is 0.197 e. The molecule has 7 heteroatoms. The lowest BCUT2D eigenvalue weighted by Gasteiger charge is -2.34. The number of benzene rings is 1. The fraction of sp³-hybridized carbons (Fsp3) is 0.560. The molecule has 1 atom stereocenters. The highest BCUT2D eigenvalue weighted by atomic mass is 16.6. The van der Waals surface area contributed by atoms with Crippen molar-refractivity contribution in [1.82, 2.24) is 4.57 Å². The van der Waals surface area contributed by atoms with Gasteiger partial charge in [-0.1, -0.05) is 6.07 Å². The van der Waals surface area contributed by atoms with Crippen molar-refractivity contribution in [3.8, 4) is 17.1 Å². The quantitative estimate of drug-likeness (QED) is 0.626. The molecule has 0 saturated carbocycles. The summed E-state index contributed by atoms with van der Waals surface area (Å²) in [4.78, 5) is 15.2. The summed E-state index contributed by atoms with van der Waals surface area (Å²) < 4.78 is 24.3. The van der Waals surface area contributed by atoms with Crippen LogP contribution < -0.4 is 15.1 Å². The van der Waals surface area contributed by atoms with Gasteiger partial charge in [0.1, 0.15) is 12.7 Å². The Balaban J connectivity index is 1.62. The molecule has 32 heavy (non-hydrogen) atoms. The van der Waals surface area contributed by atoms with Gasteiger partial charge in [0, 0.05) is 63.8 Å². The molecular formula is C25H34N2O5. The molecule has 0 spiro atoms. The SMILES string of the molecule is COC[C@@H](COc1cc(=O)c(C)c2n1CCc1cc(N3CCC(OC)CC3)ccc1-2)OC. The Bertz CT molecular complexity index is 995. The van der Waals surface area contributed by atoms with Crippen molar-refractivity contribution >= 4 is 5.69 Å². The van der Waals surface area contributed by atoms with Gasteiger partial charge in [-0.2, -0.15) is 0 Å². The Morgan fingerprint density at radius 3 is 2.53 bits per heavy atom. The summed E-state index contributed by atoms with van der Waals surface area (Å²) >= 11 is 0. The van der Waals surface area contributed by atoms with E-state index in [2.05, 4.69) is 27.7 Å². The van der Waals surface area contributed by atoms with E-state index in [1.54, 1.807) is 27.4 Å². The van der Waals surface area contributed by atoms with Crippen molar-refractivity contribution in [3.05, 3.63) is 45.6 Å². The predicted molar refractivity (Wildman–Crippen MR) is 125 cm³/mol. The van der Waals surface area contributed by atoms with E-state index in [1.165, 1.54) is 11.3 Å². The van der Waals surface area contributed by atoms with Crippen LogP contribution in [0.3, 0.4) is 0 Å². The van der Waals surface area contributed by atoms with Gasteiger partial charge in [0.05, 0.1) is 18.4 Å². The zero-order chi connectivity index (χ0) is 22.7. The number of fused-ring (bicyclic) bond motifs is 3. The summed E-state index contributed by atoms with van der Waals surface area (Å²) in [6, 6.07) is 8.23. The van der Waals surface area contributed by atoms with Crippen LogP contribution in [0.5, 0.6) is 5.88 Å². The highest BCUT2D eigenvalue weighted by Gasteiger charge is 2.25. The molecule has 1 aromatic carbocycles. The van der Waals surface area contributed by atoms with Crippen molar-refractivity contribution in [2.45, 2.75) is 44.9 Å². The summed E-state index contributed by atoms with van der Waals surface area (Å²) in [6.45, 7) is 5.45. The minimum atomic E-state index is -0.187. The number of hydrogen-bond acceptors (Lipinski definition) is 6. The van der Waals surface area contributed by atoms with Crippen molar-refractivity contribution in [2.75, 3.05) is 52.5 Å². The third-order valence-electron chi connectivity index (χ3n) is 6.71. The number of methoxy groups -OCH3 is 3. The molecule has 2 aromatic rings. The molecule has 0 bridgehead atoms. The maximum absolute atomic E-state index is 12.8. The van der Waals surface area contributed by atoms with E-state index in [4.69, 9.17) is 18.9 Å². The first kappa shape index (κ1) is 22.8. The topological polar surface area (TPSA) is 62.2 Å². The molecule has 1 fully saturated rings. The van der Waals surface area contributed by atoms with Crippen LogP contribution in [-0.2, 0) is 27.2 Å². The standard InChI is InChI=1S/C25H34N2O5/c1-17-23(28)14-24(32-16-21(31-4)15-29-2)27-12-7-18-13-19(5-6-22(18)25(17)27)26-10-8-20(30-3)9-11-26/h5-6,13-14,20-21H,7-12,15-16H2,1-4H3/t21-/m0/s1. The minimum Gasteiger partial charge on any atom is -0.476 e. The molecule has 4 rings (SSSR count). The number of aromatic nitrogens is 1. The van der Waals surface area contributed by atoms with Crippen molar-refractivity contribution in [2.24, 2.45) is 0 Å². The van der Waals surface area contributed by atoms with Crippen molar-refractivity contribution < 1.29 is 18.9 Å². The van der Waals surface area contributed by atoms with Gasteiger partial charge in [-0.05, 0) is 43.9 Å². The monoisotopic (exact) mass is 442 g/mol. The smallest absolute Gasteiger partial charge is 0.197 e. The second kappa shape index (κ2) is 10.1. The van der Waals surface area contributed by atoms with Crippen LogP contribution >= 0.6 is 0 Å². The van der Waals surface area contributed by atoms with Crippen LogP contribution in [0.2, 0.25) is 0 Å². The molecule has 2 aliphatic rings. The number of pyridine rings is 1. The fourth-order valence-electron chi connectivity index (χ4n) is 4.76. The van der Waals surface area contributed by atoms with E-state index >= 15 is 0 Å². The first-order valence-electron chi connectivity index (χ1n) is 11.4. The fourth-order valence-corrected chi connectivity index (χ4v) is 4.76. The highest BCUT2D eigenvalue weighted by molar-refractivity contribution is 5.72. The lowest BCUT2D eigenvalue weighted by Crippen LogP contribution is -2.36. The molecular weight excluding hydrogens is 408 g/mol. The van der Waals surface area contributed by atoms with Gasteiger partial charge < -0.3 is 28.4 Å². The van der Waals surface area contributed by atoms with Crippen LogP contribution in [0, 0.1) is 6.92 Å². The van der Waals surface area contributed by atoms with Gasteiger partial charge in [-0.25, -0.2) is 0 Å². The zero-order valence-electron chi connectivity index (χ0n) is 19.6. The summed E-state index contributed by atoms with van der Waals surface area (Å²) in [7, 11) is 5.07. The molecule has 3 heterocycles. The molecule has 0 radical (unpaired) electrons. The number of ether oxygens (including phenoxy) is 4. The minimum absolute atomic E-state index is 0.00878. The Hall–Kier alpha value is -2.35. The van der Waals surface area contributed by atoms with E-state index in [0.29, 0.717) is 25.2 Å². The lowest BCUT2D eigenvalue weighted by atomic mass is 9.93. The first-order chi connectivity index (χ1) is 15.5. The second-order valence-electron chi connectivity index (χ2n) is 8.61. The van der Waals surface area contributed by atoms with E-state index in [9.17, 15) is 4.79 Å². The Kier molecular flexibility index (Phi) is 7.18. The Morgan fingerprint density at radius 2 is 1.84 bits per heavy atom. The van der Waals surface area contributed by atoms with Crippen molar-refractivity contribution in [3.63, 3.8) is 0 Å². The Morgan fingerprint density at radius 1 is 1.06 bits per heavy atom. The number of nitrogens with zero attached hydrogens (tertiary/aromatic N) is 2. The van der Waals surface area contributed by atoms with Gasteiger partial charge in [-0.15, -0.1) is 0 Å². The molecule has 0 aliphatic carbocycles. The average Bonchev–Trinajstić information content (AvgIpc) is 2.83. The Labute approximate surface area is 189 Å². The van der Waals surface area contributed by atoms with Crippen molar-refractivity contribution in [1.29, 1.82) is 0 Å². The zero-order valence-corrected chi connectivity index (χ0v) is 19.6. The molecule has 174 valence electrons. The third kappa shape index (κ3) is 4.56. The van der Waals surface area contributed by atoms with Gasteiger partial charge in [0.15, 0.2) is 11.3 Å². The summed E-state index contributed by atoms with van der Waals surface area (Å²) in [5.74, 6) is 0.588. The van der Waals surface area contributed by atoms with Crippen LogP contribution in [0.1, 0.15) is 24.0 Å². The van der Waals surface area contributed by atoms with Gasteiger partial charge in [0.25, 0.3) is 0 Å². The van der Waals surface area contributed by atoms with E-state index in [1.807, 2.05) is 6.92 Å². The largest absolute Gasteiger partial charge is 0.476 e. The van der Waals surface area contributed by atoms with Crippen LogP contribution in [0.25, 0.3) is 11.3 Å². The number of aryl methyl sites for hydroxylation is 1. The average molecular weight is 443 g/mol. The summed E-state index contributed by atoms with van der Waals surface area (Å²) in [5.41, 5.74) is 5.36. The second-order valence-corrected chi connectivity index (χ2v) is 8.61. The van der Waals surface area contributed by atoms with Crippen LogP contribution in [-0.4, -0.2) is 64.4 Å².